The number of halogens is 6. The van der Waals surface area contributed by atoms with Gasteiger partial charge in [-0.1, -0.05) is 0 Å². The summed E-state index contributed by atoms with van der Waals surface area (Å²) in [6.45, 7) is -2.70. The third kappa shape index (κ3) is 5.32. The fourth-order valence-corrected chi connectivity index (χ4v) is 0.528. The van der Waals surface area contributed by atoms with Crippen molar-refractivity contribution >= 4 is 0 Å². The van der Waals surface area contributed by atoms with Gasteiger partial charge in [-0.15, -0.1) is 0 Å². The molecule has 17 heavy (non-hydrogen) atoms. The van der Waals surface area contributed by atoms with Gasteiger partial charge in [-0.05, 0) is 24.3 Å². The van der Waals surface area contributed by atoms with Crippen molar-refractivity contribution in [2.75, 3.05) is 6.67 Å². The van der Waals surface area contributed by atoms with Crippen LogP contribution >= 0.6 is 0 Å². The predicted molar refractivity (Wildman–Crippen MR) is 46.7 cm³/mol. The van der Waals surface area contributed by atoms with Crippen molar-refractivity contribution < 1.29 is 36.6 Å². The van der Waals surface area contributed by atoms with Gasteiger partial charge in [-0.2, -0.15) is 22.0 Å². The normalized spacial score (nSPS) is 11.6. The summed E-state index contributed by atoms with van der Waals surface area (Å²) in [6, 6.07) is 5.70. The number of aromatic hydroxyl groups is 2. The van der Waals surface area contributed by atoms with Crippen LogP contribution in [0.5, 0.6) is 11.5 Å². The highest BCUT2D eigenvalue weighted by Crippen LogP contribution is 2.35. The van der Waals surface area contributed by atoms with Crippen LogP contribution in [0.4, 0.5) is 26.3 Å². The highest BCUT2D eigenvalue weighted by molar-refractivity contribution is 5.28. The smallest absolute Gasteiger partial charge is 0.456 e. The second-order valence-corrected chi connectivity index (χ2v) is 2.85. The van der Waals surface area contributed by atoms with Crippen molar-refractivity contribution in [3.05, 3.63) is 24.3 Å². The standard InChI is InChI=1S/C6H6O2.C3H2F6/c7-5-1-2-6(8)4-3-5;4-1-2(5,6)3(7,8)9/h1-4,7-8H;1H2. The van der Waals surface area contributed by atoms with Crippen molar-refractivity contribution in [1.82, 2.24) is 0 Å². The molecule has 0 aliphatic rings. The summed E-state index contributed by atoms with van der Waals surface area (Å²) < 4.78 is 65.6. The average molecular weight is 262 g/mol. The van der Waals surface area contributed by atoms with E-state index in [2.05, 4.69) is 0 Å². The van der Waals surface area contributed by atoms with Crippen molar-refractivity contribution in [2.24, 2.45) is 0 Å². The summed E-state index contributed by atoms with van der Waals surface area (Å²) in [6.07, 6.45) is -5.76. The van der Waals surface area contributed by atoms with Gasteiger partial charge in [-0.25, -0.2) is 4.39 Å². The van der Waals surface area contributed by atoms with E-state index in [1.54, 1.807) is 0 Å². The topological polar surface area (TPSA) is 40.5 Å². The molecule has 0 saturated carbocycles. The molecule has 1 rings (SSSR count). The minimum absolute atomic E-state index is 0.169. The zero-order valence-corrected chi connectivity index (χ0v) is 8.18. The van der Waals surface area contributed by atoms with Crippen LogP contribution in [-0.4, -0.2) is 29.0 Å². The molecule has 0 unspecified atom stereocenters. The molecular weight excluding hydrogens is 254 g/mol. The molecule has 0 aliphatic carbocycles. The van der Waals surface area contributed by atoms with Crippen LogP contribution in [0.25, 0.3) is 0 Å². The Morgan fingerprint density at radius 1 is 0.824 bits per heavy atom. The quantitative estimate of drug-likeness (QED) is 0.602. The van der Waals surface area contributed by atoms with Gasteiger partial charge in [0.15, 0.2) is 6.67 Å². The Morgan fingerprint density at radius 2 is 1.12 bits per heavy atom. The molecule has 0 aromatic heterocycles. The minimum atomic E-state index is -5.76. The number of phenols is 2. The van der Waals surface area contributed by atoms with Crippen LogP contribution in [0.2, 0.25) is 0 Å². The van der Waals surface area contributed by atoms with Crippen LogP contribution in [0.3, 0.4) is 0 Å². The molecule has 0 aliphatic heterocycles. The van der Waals surface area contributed by atoms with Crippen LogP contribution in [-0.2, 0) is 0 Å². The van der Waals surface area contributed by atoms with Crippen molar-refractivity contribution in [1.29, 1.82) is 0 Å². The lowest BCUT2D eigenvalue weighted by molar-refractivity contribution is -0.286. The first-order valence-electron chi connectivity index (χ1n) is 4.08. The molecule has 0 heterocycles. The SMILES string of the molecule is FCC(F)(F)C(F)(F)F.Oc1ccc(O)cc1. The van der Waals surface area contributed by atoms with Crippen molar-refractivity contribution in [2.45, 2.75) is 12.1 Å². The second-order valence-electron chi connectivity index (χ2n) is 2.85. The van der Waals surface area contributed by atoms with E-state index in [1.807, 2.05) is 0 Å². The van der Waals surface area contributed by atoms with E-state index in [0.29, 0.717) is 0 Å². The van der Waals surface area contributed by atoms with Gasteiger partial charge in [0.25, 0.3) is 0 Å². The Kier molecular flexibility index (Phi) is 5.11. The molecule has 1 aromatic carbocycles. The van der Waals surface area contributed by atoms with Gasteiger partial charge in [0, 0.05) is 0 Å². The van der Waals surface area contributed by atoms with Crippen molar-refractivity contribution in [3.8, 4) is 11.5 Å². The van der Waals surface area contributed by atoms with Crippen LogP contribution in [0.1, 0.15) is 0 Å². The highest BCUT2D eigenvalue weighted by atomic mass is 19.4. The third-order valence-corrected chi connectivity index (χ3v) is 1.43. The lowest BCUT2D eigenvalue weighted by atomic mass is 10.3. The van der Waals surface area contributed by atoms with Crippen LogP contribution in [0, 0.1) is 0 Å². The Balaban J connectivity index is 0.000000302. The number of rotatable bonds is 1. The van der Waals surface area contributed by atoms with E-state index in [9.17, 15) is 26.3 Å². The van der Waals surface area contributed by atoms with E-state index >= 15 is 0 Å². The lowest BCUT2D eigenvalue weighted by Crippen LogP contribution is -2.38. The van der Waals surface area contributed by atoms with Gasteiger partial charge in [0.05, 0.1) is 0 Å². The van der Waals surface area contributed by atoms with Crippen LogP contribution in [0.15, 0.2) is 24.3 Å². The highest BCUT2D eigenvalue weighted by Gasteiger charge is 2.57. The summed E-state index contributed by atoms with van der Waals surface area (Å²) in [5.41, 5.74) is 0. The fraction of sp³-hybridized carbons (Fsp3) is 0.333. The Labute approximate surface area is 92.1 Å². The predicted octanol–water partition coefficient (Wildman–Crippen LogP) is 3.25. The maximum Gasteiger partial charge on any atom is 0.456 e. The van der Waals surface area contributed by atoms with Gasteiger partial charge in [0.1, 0.15) is 11.5 Å². The van der Waals surface area contributed by atoms with E-state index < -0.39 is 18.8 Å². The summed E-state index contributed by atoms with van der Waals surface area (Å²) >= 11 is 0. The largest absolute Gasteiger partial charge is 0.508 e. The van der Waals surface area contributed by atoms with E-state index in [4.69, 9.17) is 10.2 Å². The van der Waals surface area contributed by atoms with Gasteiger partial charge in [-0.3, -0.25) is 0 Å². The monoisotopic (exact) mass is 262 g/mol. The maximum absolute atomic E-state index is 11.2. The molecule has 0 amide bonds. The molecule has 0 atom stereocenters. The van der Waals surface area contributed by atoms with Crippen molar-refractivity contribution in [3.63, 3.8) is 0 Å². The van der Waals surface area contributed by atoms with E-state index in [-0.39, 0.29) is 11.5 Å². The molecule has 0 radical (unpaired) electrons. The first kappa shape index (κ1) is 15.4. The number of benzene rings is 1. The van der Waals surface area contributed by atoms with Gasteiger partial charge >= 0.3 is 12.1 Å². The first-order valence-corrected chi connectivity index (χ1v) is 4.08. The molecule has 2 N–H and O–H groups in total. The molecular formula is C9H8F6O2. The Bertz CT molecular complexity index is 311. The lowest BCUT2D eigenvalue weighted by Gasteiger charge is -2.14. The van der Waals surface area contributed by atoms with Gasteiger partial charge in [0.2, 0.25) is 0 Å². The maximum atomic E-state index is 11.2. The molecule has 0 saturated heterocycles. The van der Waals surface area contributed by atoms with E-state index in [1.165, 1.54) is 24.3 Å². The first-order chi connectivity index (χ1) is 7.60. The molecule has 1 aromatic rings. The van der Waals surface area contributed by atoms with E-state index in [0.717, 1.165) is 0 Å². The summed E-state index contributed by atoms with van der Waals surface area (Å²) in [5, 5.41) is 17.3. The fourth-order valence-electron chi connectivity index (χ4n) is 0.528. The zero-order valence-electron chi connectivity index (χ0n) is 8.18. The average Bonchev–Trinajstić information content (AvgIpc) is 2.22. The Hall–Kier alpha value is -1.60. The van der Waals surface area contributed by atoms with Gasteiger partial charge < -0.3 is 10.2 Å². The third-order valence-electron chi connectivity index (χ3n) is 1.43. The zero-order chi connectivity index (χ0) is 13.7. The second kappa shape index (κ2) is 5.65. The Morgan fingerprint density at radius 3 is 1.24 bits per heavy atom. The number of hydrogen-bond donors (Lipinski definition) is 2. The number of alkyl halides is 6. The molecule has 0 bridgehead atoms. The molecule has 0 fully saturated rings. The molecule has 2 nitrogen and oxygen atoms in total. The molecule has 0 spiro atoms. The summed E-state index contributed by atoms with van der Waals surface area (Å²) in [7, 11) is 0. The molecule has 8 heteroatoms. The van der Waals surface area contributed by atoms with Crippen LogP contribution < -0.4 is 0 Å². The molecule has 98 valence electrons. The number of hydrogen-bond acceptors (Lipinski definition) is 2. The minimum Gasteiger partial charge on any atom is -0.508 e. The summed E-state index contributed by atoms with van der Waals surface area (Å²) in [5.74, 6) is -4.85. The number of phenolic OH excluding ortho intramolecular Hbond substituents is 2. The summed E-state index contributed by atoms with van der Waals surface area (Å²) in [4.78, 5) is 0.